The highest BCUT2D eigenvalue weighted by Gasteiger charge is 2.34. The first-order valence-electron chi connectivity index (χ1n) is 9.40. The summed E-state index contributed by atoms with van der Waals surface area (Å²) in [5.41, 5.74) is 4.09. The molecular weight excluding hydrogens is 338 g/mol. The van der Waals surface area contributed by atoms with E-state index < -0.39 is 0 Å². The molecule has 27 heavy (non-hydrogen) atoms. The van der Waals surface area contributed by atoms with Gasteiger partial charge in [-0.2, -0.15) is 0 Å². The second-order valence-electron chi connectivity index (χ2n) is 7.12. The number of nitrogens with zero attached hydrogens (tertiary/aromatic N) is 2. The minimum Gasteiger partial charge on any atom is -0.497 e. The maximum absolute atomic E-state index is 5.64. The number of nitrogens with one attached hydrogen (secondary N) is 1. The average molecular weight is 363 g/mol. The Morgan fingerprint density at radius 1 is 1.00 bits per heavy atom. The van der Waals surface area contributed by atoms with Crippen LogP contribution < -0.4 is 10.1 Å². The van der Waals surface area contributed by atoms with E-state index >= 15 is 0 Å². The Morgan fingerprint density at radius 3 is 2.33 bits per heavy atom. The number of para-hydroxylation sites is 2. The minimum absolute atomic E-state index is 0.0181. The fourth-order valence-corrected chi connectivity index (χ4v) is 3.78. The van der Waals surface area contributed by atoms with Crippen molar-refractivity contribution in [2.24, 2.45) is 0 Å². The van der Waals surface area contributed by atoms with Crippen molar-refractivity contribution < 1.29 is 9.47 Å². The summed E-state index contributed by atoms with van der Waals surface area (Å²) in [4.78, 5) is 9.48. The molecular formula is C22H25N3O2. The lowest BCUT2D eigenvalue weighted by molar-refractivity contribution is 0.0543. The van der Waals surface area contributed by atoms with E-state index in [-0.39, 0.29) is 5.41 Å². The van der Waals surface area contributed by atoms with E-state index in [0.29, 0.717) is 0 Å². The first-order valence-corrected chi connectivity index (χ1v) is 9.40. The molecule has 0 unspecified atom stereocenters. The summed E-state index contributed by atoms with van der Waals surface area (Å²) in [5, 5.41) is 3.58. The van der Waals surface area contributed by atoms with Crippen molar-refractivity contribution in [3.8, 4) is 5.75 Å². The van der Waals surface area contributed by atoms with Crippen LogP contribution in [0.5, 0.6) is 5.75 Å². The SMILES string of the molecule is COc1ccc(C2(CNc3nc4ccccc4nc3C)CCOCC2)cc1. The normalized spacial score (nSPS) is 16.2. The van der Waals surface area contributed by atoms with E-state index in [9.17, 15) is 0 Å². The van der Waals surface area contributed by atoms with Crippen LogP contribution in [0.25, 0.3) is 11.0 Å². The first-order chi connectivity index (χ1) is 13.2. The molecule has 1 aromatic heterocycles. The van der Waals surface area contributed by atoms with Gasteiger partial charge in [0.1, 0.15) is 11.6 Å². The van der Waals surface area contributed by atoms with Gasteiger partial charge in [0.2, 0.25) is 0 Å². The second kappa shape index (κ2) is 7.53. The van der Waals surface area contributed by atoms with E-state index in [4.69, 9.17) is 19.4 Å². The number of aryl methyl sites for hydroxylation is 1. The molecule has 0 atom stereocenters. The van der Waals surface area contributed by atoms with Gasteiger partial charge in [-0.3, -0.25) is 0 Å². The molecule has 0 amide bonds. The van der Waals surface area contributed by atoms with Gasteiger partial charge in [0.25, 0.3) is 0 Å². The van der Waals surface area contributed by atoms with Crippen LogP contribution in [0.3, 0.4) is 0 Å². The molecule has 140 valence electrons. The zero-order valence-electron chi connectivity index (χ0n) is 15.9. The van der Waals surface area contributed by atoms with Crippen molar-refractivity contribution in [1.82, 2.24) is 9.97 Å². The maximum Gasteiger partial charge on any atom is 0.148 e. The molecule has 0 radical (unpaired) electrons. The lowest BCUT2D eigenvalue weighted by Crippen LogP contribution is -2.40. The third-order valence-corrected chi connectivity index (χ3v) is 5.49. The third-order valence-electron chi connectivity index (χ3n) is 5.49. The second-order valence-corrected chi connectivity index (χ2v) is 7.12. The fraction of sp³-hybridized carbons (Fsp3) is 0.364. The zero-order chi connectivity index (χ0) is 18.7. The van der Waals surface area contributed by atoms with Crippen LogP contribution in [-0.2, 0) is 10.2 Å². The summed E-state index contributed by atoms with van der Waals surface area (Å²) in [7, 11) is 1.70. The topological polar surface area (TPSA) is 56.3 Å². The first kappa shape index (κ1) is 17.7. The molecule has 1 aliphatic heterocycles. The summed E-state index contributed by atoms with van der Waals surface area (Å²) in [6.45, 7) is 4.36. The van der Waals surface area contributed by atoms with Crippen molar-refractivity contribution in [2.45, 2.75) is 25.2 Å². The molecule has 2 aromatic carbocycles. The van der Waals surface area contributed by atoms with Crippen molar-refractivity contribution in [3.05, 3.63) is 59.8 Å². The smallest absolute Gasteiger partial charge is 0.148 e. The Morgan fingerprint density at radius 2 is 1.67 bits per heavy atom. The largest absolute Gasteiger partial charge is 0.497 e. The molecule has 1 aliphatic rings. The number of methoxy groups -OCH3 is 1. The van der Waals surface area contributed by atoms with E-state index in [1.807, 2.05) is 43.3 Å². The quantitative estimate of drug-likeness (QED) is 0.739. The summed E-state index contributed by atoms with van der Waals surface area (Å²) in [6.07, 6.45) is 1.96. The molecule has 1 saturated heterocycles. The molecule has 4 rings (SSSR count). The predicted molar refractivity (Wildman–Crippen MR) is 107 cm³/mol. The summed E-state index contributed by atoms with van der Waals surface area (Å²) < 4.78 is 11.0. The molecule has 5 heteroatoms. The fourth-order valence-electron chi connectivity index (χ4n) is 3.78. The van der Waals surface area contributed by atoms with Crippen molar-refractivity contribution in [3.63, 3.8) is 0 Å². The molecule has 0 aliphatic carbocycles. The predicted octanol–water partition coefficient (Wildman–Crippen LogP) is 4.11. The van der Waals surface area contributed by atoms with Crippen molar-refractivity contribution in [2.75, 3.05) is 32.2 Å². The van der Waals surface area contributed by atoms with E-state index in [0.717, 1.165) is 60.9 Å². The molecule has 1 fully saturated rings. The maximum atomic E-state index is 5.64. The Balaban J connectivity index is 1.61. The minimum atomic E-state index is 0.0181. The van der Waals surface area contributed by atoms with Gasteiger partial charge in [0.05, 0.1) is 23.8 Å². The highest BCUT2D eigenvalue weighted by Crippen LogP contribution is 2.36. The van der Waals surface area contributed by atoms with Crippen molar-refractivity contribution in [1.29, 1.82) is 0 Å². The van der Waals surface area contributed by atoms with Crippen LogP contribution in [0.4, 0.5) is 5.82 Å². The van der Waals surface area contributed by atoms with Crippen LogP contribution in [0.15, 0.2) is 48.5 Å². The monoisotopic (exact) mass is 363 g/mol. The van der Waals surface area contributed by atoms with E-state index in [2.05, 4.69) is 17.4 Å². The number of rotatable bonds is 5. The Hall–Kier alpha value is -2.66. The van der Waals surface area contributed by atoms with Gasteiger partial charge in [0.15, 0.2) is 0 Å². The zero-order valence-corrected chi connectivity index (χ0v) is 15.9. The highest BCUT2D eigenvalue weighted by atomic mass is 16.5. The molecule has 0 saturated carbocycles. The van der Waals surface area contributed by atoms with Gasteiger partial charge >= 0.3 is 0 Å². The lowest BCUT2D eigenvalue weighted by atomic mass is 9.74. The summed E-state index contributed by atoms with van der Waals surface area (Å²) in [5.74, 6) is 1.73. The molecule has 0 bridgehead atoms. The van der Waals surface area contributed by atoms with Crippen LogP contribution in [0.2, 0.25) is 0 Å². The van der Waals surface area contributed by atoms with Crippen LogP contribution in [-0.4, -0.2) is 36.8 Å². The van der Waals surface area contributed by atoms with Gasteiger partial charge in [-0.25, -0.2) is 9.97 Å². The molecule has 1 N–H and O–H groups in total. The third kappa shape index (κ3) is 3.60. The standard InChI is InChI=1S/C22H25N3O2/c1-16-21(25-20-6-4-3-5-19(20)24-16)23-15-22(11-13-27-14-12-22)17-7-9-18(26-2)10-8-17/h3-10H,11-15H2,1-2H3,(H,23,25). The van der Waals surface area contributed by atoms with Crippen molar-refractivity contribution >= 4 is 16.9 Å². The van der Waals surface area contributed by atoms with Crippen LogP contribution in [0.1, 0.15) is 24.1 Å². The Bertz CT molecular complexity index is 918. The number of anilines is 1. The number of benzene rings is 2. The number of hydrogen-bond donors (Lipinski definition) is 1. The average Bonchev–Trinajstić information content (AvgIpc) is 2.73. The van der Waals surface area contributed by atoms with Gasteiger partial charge in [-0.1, -0.05) is 24.3 Å². The van der Waals surface area contributed by atoms with Crippen LogP contribution in [0, 0.1) is 6.92 Å². The molecule has 5 nitrogen and oxygen atoms in total. The highest BCUT2D eigenvalue weighted by molar-refractivity contribution is 5.76. The van der Waals surface area contributed by atoms with Gasteiger partial charge < -0.3 is 14.8 Å². The lowest BCUT2D eigenvalue weighted by Gasteiger charge is -2.38. The van der Waals surface area contributed by atoms with Crippen LogP contribution >= 0.6 is 0 Å². The van der Waals surface area contributed by atoms with Gasteiger partial charge in [-0.05, 0) is 49.6 Å². The summed E-state index contributed by atoms with van der Waals surface area (Å²) in [6, 6.07) is 16.4. The van der Waals surface area contributed by atoms with Gasteiger partial charge in [0, 0.05) is 25.2 Å². The Kier molecular flexibility index (Phi) is 4.94. The number of fused-ring (bicyclic) bond motifs is 1. The summed E-state index contributed by atoms with van der Waals surface area (Å²) >= 11 is 0. The molecule has 3 aromatic rings. The van der Waals surface area contributed by atoms with E-state index in [1.165, 1.54) is 5.56 Å². The molecule has 2 heterocycles. The Labute approximate surface area is 159 Å². The number of hydrogen-bond acceptors (Lipinski definition) is 5. The van der Waals surface area contributed by atoms with Gasteiger partial charge in [-0.15, -0.1) is 0 Å². The molecule has 0 spiro atoms. The van der Waals surface area contributed by atoms with E-state index in [1.54, 1.807) is 7.11 Å². The number of aromatic nitrogens is 2. The number of ether oxygens (including phenoxy) is 2.